The van der Waals surface area contributed by atoms with Crippen LogP contribution in [0.1, 0.15) is 21.5 Å². The highest BCUT2D eigenvalue weighted by molar-refractivity contribution is 7.99. The minimum absolute atomic E-state index is 0.246. The Hall–Kier alpha value is -3.10. The molecule has 0 aliphatic heterocycles. The van der Waals surface area contributed by atoms with Crippen LogP contribution in [0, 0.1) is 13.8 Å². The summed E-state index contributed by atoms with van der Waals surface area (Å²) < 4.78 is 45.3. The van der Waals surface area contributed by atoms with Gasteiger partial charge in [-0.1, -0.05) is 11.8 Å². The Balaban J connectivity index is 1.49. The number of amides is 1. The number of anilines is 2. The van der Waals surface area contributed by atoms with Crippen LogP contribution in [0.25, 0.3) is 11.3 Å². The molecule has 0 fully saturated rings. The standard InChI is InChI=1S/C25H24N4O5S4/c1-16-12-21(36-20-6-4-19(5-7-20)29(37(31)32)15-38(3,33)34)13-17(2)23(16)22-14-35-25(27-22)28-24(30)18-8-10-26-11-9-18/h4-14H,15H2,1-3H3,(H,31,32)(H,27,28,30). The molecule has 0 aliphatic rings. The lowest BCUT2D eigenvalue weighted by Crippen LogP contribution is -2.30. The quantitative estimate of drug-likeness (QED) is 0.256. The number of nitrogens with zero attached hydrogens (tertiary/aromatic N) is 3. The molecule has 0 saturated carbocycles. The van der Waals surface area contributed by atoms with E-state index in [0.717, 1.165) is 42.7 Å². The Morgan fingerprint density at radius 3 is 2.29 bits per heavy atom. The smallest absolute Gasteiger partial charge is 0.262 e. The molecule has 13 heteroatoms. The predicted octanol–water partition coefficient (Wildman–Crippen LogP) is 5.17. The zero-order valence-electron chi connectivity index (χ0n) is 20.6. The van der Waals surface area contributed by atoms with Crippen molar-refractivity contribution in [2.45, 2.75) is 23.6 Å². The van der Waals surface area contributed by atoms with E-state index in [1.165, 1.54) is 23.1 Å². The number of rotatable bonds is 9. The molecule has 1 unspecified atom stereocenters. The van der Waals surface area contributed by atoms with Crippen LogP contribution < -0.4 is 9.62 Å². The number of pyridine rings is 1. The van der Waals surface area contributed by atoms with Crippen molar-refractivity contribution in [3.8, 4) is 11.3 Å². The molecule has 9 nitrogen and oxygen atoms in total. The second kappa shape index (κ2) is 11.7. The molecule has 198 valence electrons. The summed E-state index contributed by atoms with van der Waals surface area (Å²) in [5, 5.41) is 5.25. The second-order valence-corrected chi connectivity index (χ2v) is 13.4. The number of thiazole rings is 1. The van der Waals surface area contributed by atoms with Gasteiger partial charge < -0.3 is 0 Å². The van der Waals surface area contributed by atoms with E-state index < -0.39 is 27.0 Å². The van der Waals surface area contributed by atoms with Crippen molar-refractivity contribution in [1.29, 1.82) is 0 Å². The molecule has 38 heavy (non-hydrogen) atoms. The fourth-order valence-electron chi connectivity index (χ4n) is 3.74. The van der Waals surface area contributed by atoms with Crippen LogP contribution in [0.5, 0.6) is 0 Å². The summed E-state index contributed by atoms with van der Waals surface area (Å²) in [6, 6.07) is 14.2. The van der Waals surface area contributed by atoms with Crippen molar-refractivity contribution in [2.75, 3.05) is 21.8 Å². The average molecular weight is 589 g/mol. The minimum Gasteiger partial charge on any atom is -0.298 e. The van der Waals surface area contributed by atoms with E-state index in [-0.39, 0.29) is 5.91 Å². The third-order valence-electron chi connectivity index (χ3n) is 5.33. The van der Waals surface area contributed by atoms with Crippen LogP contribution in [0.15, 0.2) is 76.1 Å². The average Bonchev–Trinajstić information content (AvgIpc) is 3.30. The molecule has 0 saturated heterocycles. The maximum atomic E-state index is 12.4. The van der Waals surface area contributed by atoms with Gasteiger partial charge >= 0.3 is 0 Å². The SMILES string of the molecule is Cc1cc(Sc2ccc(N(CS(C)(=O)=O)S(=O)O)cc2)cc(C)c1-c1csc(NC(=O)c2ccncc2)n1. The molecular weight excluding hydrogens is 565 g/mol. The Bertz CT molecular complexity index is 1570. The number of aryl methyl sites for hydroxylation is 2. The fourth-order valence-corrected chi connectivity index (χ4v) is 7.27. The number of hydrogen-bond acceptors (Lipinski definition) is 8. The van der Waals surface area contributed by atoms with Crippen LogP contribution in [0.2, 0.25) is 0 Å². The molecule has 4 rings (SSSR count). The Labute approximate surface area is 231 Å². The largest absolute Gasteiger partial charge is 0.298 e. The first-order chi connectivity index (χ1) is 18.0. The first kappa shape index (κ1) is 27.9. The van der Waals surface area contributed by atoms with Gasteiger partial charge in [-0.3, -0.25) is 24.0 Å². The maximum Gasteiger partial charge on any atom is 0.262 e. The monoisotopic (exact) mass is 588 g/mol. The number of carbonyl (C=O) groups is 1. The summed E-state index contributed by atoms with van der Waals surface area (Å²) in [7, 11) is -3.49. The molecule has 2 N–H and O–H groups in total. The van der Waals surface area contributed by atoms with Crippen molar-refractivity contribution in [2.24, 2.45) is 0 Å². The lowest BCUT2D eigenvalue weighted by Gasteiger charge is -2.19. The van der Waals surface area contributed by atoms with E-state index in [9.17, 15) is 22.0 Å². The number of nitrogens with one attached hydrogen (secondary N) is 1. The van der Waals surface area contributed by atoms with Crippen LogP contribution in [0.3, 0.4) is 0 Å². The van der Waals surface area contributed by atoms with Gasteiger partial charge in [0.25, 0.3) is 17.2 Å². The maximum absolute atomic E-state index is 12.4. The van der Waals surface area contributed by atoms with E-state index in [1.807, 2.05) is 31.4 Å². The molecule has 1 atom stereocenters. The Morgan fingerprint density at radius 1 is 1.08 bits per heavy atom. The third kappa shape index (κ3) is 7.05. The van der Waals surface area contributed by atoms with Crippen molar-refractivity contribution < 1.29 is 22.0 Å². The van der Waals surface area contributed by atoms with E-state index in [4.69, 9.17) is 0 Å². The highest BCUT2D eigenvalue weighted by Gasteiger charge is 2.18. The number of hydrogen-bond donors (Lipinski definition) is 2. The van der Waals surface area contributed by atoms with Gasteiger partial charge in [-0.15, -0.1) is 11.3 Å². The topological polar surface area (TPSA) is 130 Å². The van der Waals surface area contributed by atoms with E-state index in [2.05, 4.69) is 15.3 Å². The summed E-state index contributed by atoms with van der Waals surface area (Å²) >= 11 is 0.406. The van der Waals surface area contributed by atoms with Gasteiger partial charge in [-0.05, 0) is 73.5 Å². The summed E-state index contributed by atoms with van der Waals surface area (Å²) in [5.74, 6) is -0.807. The summed E-state index contributed by atoms with van der Waals surface area (Å²) in [6.45, 7) is 4.01. The van der Waals surface area contributed by atoms with Crippen LogP contribution >= 0.6 is 23.1 Å². The molecule has 1 amide bonds. The highest BCUT2D eigenvalue weighted by atomic mass is 32.2. The first-order valence-electron chi connectivity index (χ1n) is 11.1. The molecule has 0 aliphatic carbocycles. The third-order valence-corrected chi connectivity index (χ3v) is 8.67. The predicted molar refractivity (Wildman–Crippen MR) is 153 cm³/mol. The van der Waals surface area contributed by atoms with Gasteiger partial charge in [0.2, 0.25) is 0 Å². The van der Waals surface area contributed by atoms with Gasteiger partial charge in [-0.25, -0.2) is 17.6 Å². The van der Waals surface area contributed by atoms with Crippen LogP contribution in [-0.4, -0.2) is 45.2 Å². The molecule has 4 aromatic rings. The molecule has 0 bridgehead atoms. The zero-order chi connectivity index (χ0) is 27.4. The van der Waals surface area contributed by atoms with Crippen molar-refractivity contribution in [3.05, 3.63) is 83.0 Å². The van der Waals surface area contributed by atoms with Crippen molar-refractivity contribution >= 4 is 60.9 Å². The molecule has 2 aromatic carbocycles. The Morgan fingerprint density at radius 2 is 1.71 bits per heavy atom. The first-order valence-corrected chi connectivity index (χ1v) is 15.9. The molecular formula is C25H24N4O5S4. The van der Waals surface area contributed by atoms with Gasteiger partial charge in [0, 0.05) is 44.9 Å². The Kier molecular flexibility index (Phi) is 8.63. The van der Waals surface area contributed by atoms with Gasteiger partial charge in [0.15, 0.2) is 15.0 Å². The van der Waals surface area contributed by atoms with Crippen molar-refractivity contribution in [1.82, 2.24) is 9.97 Å². The lowest BCUT2D eigenvalue weighted by atomic mass is 10.0. The molecule has 2 heterocycles. The minimum atomic E-state index is -3.49. The zero-order valence-corrected chi connectivity index (χ0v) is 23.9. The summed E-state index contributed by atoms with van der Waals surface area (Å²) in [6.07, 6.45) is 4.14. The molecule has 0 spiro atoms. The van der Waals surface area contributed by atoms with Gasteiger partial charge in [0.1, 0.15) is 5.88 Å². The summed E-state index contributed by atoms with van der Waals surface area (Å²) in [4.78, 5) is 22.9. The van der Waals surface area contributed by atoms with E-state index >= 15 is 0 Å². The number of sulfone groups is 1. The number of benzene rings is 2. The fraction of sp³-hybridized carbons (Fsp3) is 0.160. The molecule has 0 radical (unpaired) electrons. The highest BCUT2D eigenvalue weighted by Crippen LogP contribution is 2.36. The lowest BCUT2D eigenvalue weighted by molar-refractivity contribution is 0.102. The van der Waals surface area contributed by atoms with E-state index in [1.54, 1.807) is 48.8 Å². The van der Waals surface area contributed by atoms with Crippen molar-refractivity contribution in [3.63, 3.8) is 0 Å². The molecule has 2 aromatic heterocycles. The van der Waals surface area contributed by atoms with Crippen LogP contribution in [-0.2, 0) is 21.1 Å². The number of carbonyl (C=O) groups excluding carboxylic acids is 1. The second-order valence-electron chi connectivity index (χ2n) is 8.42. The van der Waals surface area contributed by atoms with Gasteiger partial charge in [-0.2, -0.15) is 0 Å². The van der Waals surface area contributed by atoms with Gasteiger partial charge in [0.05, 0.1) is 11.4 Å². The summed E-state index contributed by atoms with van der Waals surface area (Å²) in [5.41, 5.74) is 4.66. The number of aromatic nitrogens is 2. The van der Waals surface area contributed by atoms with E-state index in [0.29, 0.717) is 16.4 Å². The van der Waals surface area contributed by atoms with Crippen LogP contribution in [0.4, 0.5) is 10.8 Å². The normalized spacial score (nSPS) is 12.2.